The summed E-state index contributed by atoms with van der Waals surface area (Å²) in [6, 6.07) is 0. The van der Waals surface area contributed by atoms with Crippen LogP contribution in [-0.2, 0) is 0 Å². The van der Waals surface area contributed by atoms with Crippen molar-refractivity contribution in [1.82, 2.24) is 19.9 Å². The average molecular weight is 363 g/mol. The molecule has 1 amide bonds. The van der Waals surface area contributed by atoms with Crippen molar-refractivity contribution in [3.05, 3.63) is 22.1 Å². The van der Waals surface area contributed by atoms with E-state index in [4.69, 9.17) is 0 Å². The van der Waals surface area contributed by atoms with Crippen LogP contribution in [-0.4, -0.2) is 40.1 Å². The number of nitrogens with zero attached hydrogens (tertiary/aromatic N) is 4. The molecule has 1 saturated heterocycles. The molecule has 1 aliphatic rings. The third-order valence-electron chi connectivity index (χ3n) is 4.40. The van der Waals surface area contributed by atoms with Crippen molar-refractivity contribution in [3.63, 3.8) is 0 Å². The lowest BCUT2D eigenvalue weighted by atomic mass is 10.1. The summed E-state index contributed by atoms with van der Waals surface area (Å²) in [5.41, 5.74) is -0.349. The third kappa shape index (κ3) is 4.18. The minimum atomic E-state index is -0.399. The largest absolute Gasteiger partial charge is 0.352 e. The standard InChI is InChI=1S/C17H25N5O2S/c1-12(2)7-8-18-14(23)13-11-19-16-22(15(13)24)20-17(25-16)21-9-5-3-4-6-10-21/h11-12H,3-10H2,1-2H3,(H,18,23). The topological polar surface area (TPSA) is 79.6 Å². The Morgan fingerprint density at radius 2 is 2.00 bits per heavy atom. The summed E-state index contributed by atoms with van der Waals surface area (Å²) >= 11 is 1.40. The lowest BCUT2D eigenvalue weighted by Crippen LogP contribution is -2.32. The van der Waals surface area contributed by atoms with Gasteiger partial charge in [0.05, 0.1) is 0 Å². The fourth-order valence-electron chi connectivity index (χ4n) is 2.89. The van der Waals surface area contributed by atoms with Gasteiger partial charge in [0.2, 0.25) is 10.1 Å². The van der Waals surface area contributed by atoms with E-state index in [-0.39, 0.29) is 11.5 Å². The summed E-state index contributed by atoms with van der Waals surface area (Å²) < 4.78 is 1.27. The molecule has 0 unspecified atom stereocenters. The molecule has 2 aromatic rings. The molecule has 0 aliphatic carbocycles. The first-order valence-electron chi connectivity index (χ1n) is 8.98. The number of hydrogen-bond acceptors (Lipinski definition) is 6. The quantitative estimate of drug-likeness (QED) is 0.882. The molecule has 3 heterocycles. The highest BCUT2D eigenvalue weighted by Crippen LogP contribution is 2.24. The Bertz CT molecular complexity index is 790. The number of rotatable bonds is 5. The SMILES string of the molecule is CC(C)CCNC(=O)c1cnc2sc(N3CCCCCC3)nn2c1=O. The second-order valence-electron chi connectivity index (χ2n) is 6.90. The Kier molecular flexibility index (Phi) is 5.67. The fourth-order valence-corrected chi connectivity index (χ4v) is 3.80. The van der Waals surface area contributed by atoms with Gasteiger partial charge in [0, 0.05) is 25.8 Å². The van der Waals surface area contributed by atoms with E-state index in [1.54, 1.807) is 0 Å². The van der Waals surface area contributed by atoms with Crippen LogP contribution in [0.4, 0.5) is 5.13 Å². The van der Waals surface area contributed by atoms with Crippen LogP contribution in [0.15, 0.2) is 11.0 Å². The highest BCUT2D eigenvalue weighted by molar-refractivity contribution is 7.20. The van der Waals surface area contributed by atoms with Gasteiger partial charge in [0.25, 0.3) is 11.5 Å². The predicted octanol–water partition coefficient (Wildman–Crippen LogP) is 2.31. The van der Waals surface area contributed by atoms with Crippen molar-refractivity contribution >= 4 is 27.3 Å². The predicted molar refractivity (Wildman–Crippen MR) is 99.6 cm³/mol. The summed E-state index contributed by atoms with van der Waals surface area (Å²) in [6.07, 6.45) is 7.00. The molecule has 1 aliphatic heterocycles. The molecule has 0 bridgehead atoms. The Labute approximate surface area is 151 Å². The highest BCUT2D eigenvalue weighted by Gasteiger charge is 2.19. The maximum absolute atomic E-state index is 12.6. The van der Waals surface area contributed by atoms with E-state index in [1.165, 1.54) is 34.9 Å². The van der Waals surface area contributed by atoms with Gasteiger partial charge < -0.3 is 10.2 Å². The molecule has 0 saturated carbocycles. The molecule has 0 atom stereocenters. The Balaban J connectivity index is 1.82. The van der Waals surface area contributed by atoms with Crippen molar-refractivity contribution in [2.24, 2.45) is 5.92 Å². The zero-order valence-corrected chi connectivity index (χ0v) is 15.6. The summed E-state index contributed by atoms with van der Waals surface area (Å²) in [6.45, 7) is 6.64. The molecule has 3 rings (SSSR count). The minimum absolute atomic E-state index is 0.0500. The first-order chi connectivity index (χ1) is 12.1. The van der Waals surface area contributed by atoms with Gasteiger partial charge >= 0.3 is 0 Å². The van der Waals surface area contributed by atoms with E-state index in [2.05, 4.69) is 34.1 Å². The van der Waals surface area contributed by atoms with Gasteiger partial charge in [-0.1, -0.05) is 38.0 Å². The second-order valence-corrected chi connectivity index (χ2v) is 7.83. The van der Waals surface area contributed by atoms with Crippen molar-refractivity contribution < 1.29 is 4.79 Å². The van der Waals surface area contributed by atoms with E-state index in [1.807, 2.05) is 0 Å². The molecular formula is C17H25N5O2S. The Hall–Kier alpha value is -1.96. The number of nitrogens with one attached hydrogen (secondary N) is 1. The number of hydrogen-bond donors (Lipinski definition) is 1. The zero-order chi connectivity index (χ0) is 17.8. The van der Waals surface area contributed by atoms with Crippen LogP contribution < -0.4 is 15.8 Å². The van der Waals surface area contributed by atoms with Crippen LogP contribution >= 0.6 is 11.3 Å². The second kappa shape index (κ2) is 7.95. The molecule has 2 aromatic heterocycles. The molecule has 0 spiro atoms. The lowest BCUT2D eigenvalue weighted by Gasteiger charge is -2.17. The normalized spacial score (nSPS) is 15.6. The first-order valence-corrected chi connectivity index (χ1v) is 9.80. The number of carbonyl (C=O) groups excluding carboxylic acids is 1. The molecule has 136 valence electrons. The summed E-state index contributed by atoms with van der Waals surface area (Å²) in [4.78, 5) is 31.9. The van der Waals surface area contributed by atoms with Gasteiger partial charge in [-0.05, 0) is 25.2 Å². The van der Waals surface area contributed by atoms with E-state index in [9.17, 15) is 9.59 Å². The number of fused-ring (bicyclic) bond motifs is 1. The van der Waals surface area contributed by atoms with E-state index < -0.39 is 5.56 Å². The smallest absolute Gasteiger partial charge is 0.288 e. The van der Waals surface area contributed by atoms with Crippen molar-refractivity contribution in [3.8, 4) is 0 Å². The van der Waals surface area contributed by atoms with Gasteiger partial charge in [-0.2, -0.15) is 4.52 Å². The first kappa shape index (κ1) is 17.8. The molecule has 8 heteroatoms. The summed E-state index contributed by atoms with van der Waals surface area (Å²) in [5.74, 6) is 0.119. The Morgan fingerprint density at radius 3 is 2.68 bits per heavy atom. The van der Waals surface area contributed by atoms with Crippen molar-refractivity contribution in [2.45, 2.75) is 46.0 Å². The van der Waals surface area contributed by atoms with Crippen LogP contribution in [0.2, 0.25) is 0 Å². The van der Waals surface area contributed by atoms with Gasteiger partial charge in [-0.3, -0.25) is 9.59 Å². The summed E-state index contributed by atoms with van der Waals surface area (Å²) in [5, 5.41) is 8.03. The van der Waals surface area contributed by atoms with Gasteiger partial charge in [-0.25, -0.2) is 4.98 Å². The molecule has 1 N–H and O–H groups in total. The molecule has 25 heavy (non-hydrogen) atoms. The average Bonchev–Trinajstić information content (AvgIpc) is 2.83. The van der Waals surface area contributed by atoms with Crippen molar-refractivity contribution in [1.29, 1.82) is 0 Å². The number of anilines is 1. The molecule has 0 radical (unpaired) electrons. The van der Waals surface area contributed by atoms with Gasteiger partial charge in [-0.15, -0.1) is 5.10 Å². The third-order valence-corrected chi connectivity index (χ3v) is 5.39. The number of amides is 1. The van der Waals surface area contributed by atoms with Crippen LogP contribution in [0.1, 0.15) is 56.3 Å². The minimum Gasteiger partial charge on any atom is -0.352 e. The number of aromatic nitrogens is 3. The van der Waals surface area contributed by atoms with Crippen LogP contribution in [0.3, 0.4) is 0 Å². The van der Waals surface area contributed by atoms with Crippen LogP contribution in [0.5, 0.6) is 0 Å². The molecule has 1 fully saturated rings. The molecule has 0 aromatic carbocycles. The van der Waals surface area contributed by atoms with Crippen LogP contribution in [0.25, 0.3) is 4.96 Å². The number of carbonyl (C=O) groups is 1. The monoisotopic (exact) mass is 363 g/mol. The maximum Gasteiger partial charge on any atom is 0.288 e. The van der Waals surface area contributed by atoms with Crippen molar-refractivity contribution in [2.75, 3.05) is 24.5 Å². The van der Waals surface area contributed by atoms with E-state index in [0.29, 0.717) is 17.4 Å². The van der Waals surface area contributed by atoms with Gasteiger partial charge in [0.1, 0.15) is 5.56 Å². The van der Waals surface area contributed by atoms with E-state index in [0.717, 1.165) is 37.5 Å². The molecular weight excluding hydrogens is 338 g/mol. The van der Waals surface area contributed by atoms with E-state index >= 15 is 0 Å². The zero-order valence-electron chi connectivity index (χ0n) is 14.8. The molecule has 7 nitrogen and oxygen atoms in total. The fraction of sp³-hybridized carbons (Fsp3) is 0.647. The lowest BCUT2D eigenvalue weighted by molar-refractivity contribution is 0.0950. The van der Waals surface area contributed by atoms with Crippen LogP contribution in [0, 0.1) is 5.92 Å². The van der Waals surface area contributed by atoms with Gasteiger partial charge in [0.15, 0.2) is 0 Å². The maximum atomic E-state index is 12.6. The highest BCUT2D eigenvalue weighted by atomic mass is 32.1. The Morgan fingerprint density at radius 1 is 1.28 bits per heavy atom. The summed E-state index contributed by atoms with van der Waals surface area (Å²) in [7, 11) is 0.